The van der Waals surface area contributed by atoms with Gasteiger partial charge < -0.3 is 5.02 Å². The predicted molar refractivity (Wildman–Crippen MR) is 35.9 cm³/mol. The van der Waals surface area contributed by atoms with Crippen molar-refractivity contribution in [2.45, 2.75) is 12.6 Å². The van der Waals surface area contributed by atoms with Crippen molar-refractivity contribution in [2.75, 3.05) is 0 Å². The molecule has 0 aliphatic heterocycles. The van der Waals surface area contributed by atoms with E-state index in [0.717, 1.165) is 0 Å². The summed E-state index contributed by atoms with van der Waals surface area (Å²) in [5.74, 6) is 0.259. The van der Waals surface area contributed by atoms with Gasteiger partial charge in [-0.1, -0.05) is 31.1 Å². The van der Waals surface area contributed by atoms with Crippen molar-refractivity contribution in [1.29, 1.82) is 0 Å². The molecule has 0 amide bonds. The van der Waals surface area contributed by atoms with Crippen LogP contribution in [0.4, 0.5) is 0 Å². The maximum Gasteiger partial charge on any atom is 0.296 e. The maximum atomic E-state index is 8.95. The van der Waals surface area contributed by atoms with Gasteiger partial charge in [-0.2, -0.15) is 0 Å². The van der Waals surface area contributed by atoms with E-state index in [1.54, 1.807) is 6.82 Å². The molecule has 8 heavy (non-hydrogen) atoms. The van der Waals surface area contributed by atoms with Crippen molar-refractivity contribution < 1.29 is 5.02 Å². The van der Waals surface area contributed by atoms with E-state index in [9.17, 15) is 0 Å². The van der Waals surface area contributed by atoms with Gasteiger partial charge in [-0.05, 0) is 0 Å². The fourth-order valence-electron chi connectivity index (χ4n) is 0.771. The highest BCUT2D eigenvalue weighted by atomic mass is 16.2. The monoisotopic (exact) mass is 108 g/mol. The summed E-state index contributed by atoms with van der Waals surface area (Å²) in [5.41, 5.74) is 0. The van der Waals surface area contributed by atoms with E-state index in [4.69, 9.17) is 5.02 Å². The third-order valence-electron chi connectivity index (χ3n) is 1.33. The second-order valence-electron chi connectivity index (χ2n) is 2.09. The van der Waals surface area contributed by atoms with Gasteiger partial charge in [-0.15, -0.1) is 0 Å². The van der Waals surface area contributed by atoms with Crippen LogP contribution in [0.5, 0.6) is 0 Å². The number of hydrogen-bond donors (Lipinski definition) is 1. The minimum Gasteiger partial charge on any atom is -0.450 e. The number of hydrogen-bond acceptors (Lipinski definition) is 1. The maximum absolute atomic E-state index is 8.95. The second kappa shape index (κ2) is 2.18. The van der Waals surface area contributed by atoms with E-state index in [1.807, 2.05) is 24.3 Å². The standard InChI is InChI=1S/C6H9BO/c1-7(8)6-4-2-3-5-6/h2-6,8H,1H3. The van der Waals surface area contributed by atoms with Gasteiger partial charge in [0, 0.05) is 5.82 Å². The zero-order valence-corrected chi connectivity index (χ0v) is 4.91. The number of allylic oxidation sites excluding steroid dienone is 4. The van der Waals surface area contributed by atoms with E-state index < -0.39 is 0 Å². The van der Waals surface area contributed by atoms with Crippen molar-refractivity contribution in [3.63, 3.8) is 0 Å². The molecule has 0 saturated heterocycles. The molecule has 1 rings (SSSR count). The summed E-state index contributed by atoms with van der Waals surface area (Å²) in [6, 6.07) is 0. The Morgan fingerprint density at radius 2 is 1.88 bits per heavy atom. The first-order valence-electron chi connectivity index (χ1n) is 2.84. The fraction of sp³-hybridized carbons (Fsp3) is 0.333. The van der Waals surface area contributed by atoms with Gasteiger partial charge in [0.25, 0.3) is 6.92 Å². The first kappa shape index (κ1) is 5.64. The van der Waals surface area contributed by atoms with Gasteiger partial charge in [0.1, 0.15) is 0 Å². The third kappa shape index (κ3) is 1.01. The summed E-state index contributed by atoms with van der Waals surface area (Å²) in [6.07, 6.45) is 7.89. The lowest BCUT2D eigenvalue weighted by Gasteiger charge is -2.01. The second-order valence-corrected chi connectivity index (χ2v) is 2.09. The Hall–Kier alpha value is -0.495. The average molecular weight is 108 g/mol. The molecule has 0 atom stereocenters. The quantitative estimate of drug-likeness (QED) is 0.498. The molecule has 0 fully saturated rings. The molecule has 1 nitrogen and oxygen atoms in total. The zero-order valence-electron chi connectivity index (χ0n) is 4.91. The molecule has 0 bridgehead atoms. The minimum absolute atomic E-state index is 0.231. The predicted octanol–water partition coefficient (Wildman–Crippen LogP) is 1.10. The summed E-state index contributed by atoms with van der Waals surface area (Å²) in [5, 5.41) is 8.95. The molecular weight excluding hydrogens is 98.9 g/mol. The Balaban J connectivity index is 2.49. The zero-order chi connectivity index (χ0) is 5.98. The van der Waals surface area contributed by atoms with E-state index in [1.165, 1.54) is 0 Å². The van der Waals surface area contributed by atoms with Crippen LogP contribution in [-0.4, -0.2) is 11.9 Å². The third-order valence-corrected chi connectivity index (χ3v) is 1.33. The summed E-state index contributed by atoms with van der Waals surface area (Å²) < 4.78 is 0. The summed E-state index contributed by atoms with van der Waals surface area (Å²) in [6.45, 7) is 1.56. The van der Waals surface area contributed by atoms with Crippen molar-refractivity contribution in [1.82, 2.24) is 0 Å². The van der Waals surface area contributed by atoms with E-state index in [2.05, 4.69) is 0 Å². The highest BCUT2D eigenvalue weighted by Gasteiger charge is 2.13. The van der Waals surface area contributed by atoms with Gasteiger partial charge in [0.15, 0.2) is 0 Å². The molecule has 0 aromatic carbocycles. The lowest BCUT2D eigenvalue weighted by atomic mass is 9.59. The Kier molecular flexibility index (Phi) is 1.54. The van der Waals surface area contributed by atoms with Crippen LogP contribution in [0, 0.1) is 0 Å². The molecule has 0 unspecified atom stereocenters. The minimum atomic E-state index is -0.231. The molecule has 0 aromatic rings. The lowest BCUT2D eigenvalue weighted by molar-refractivity contribution is 0.574. The molecular formula is C6H9BO. The van der Waals surface area contributed by atoms with Crippen molar-refractivity contribution in [3.05, 3.63) is 24.3 Å². The number of rotatable bonds is 1. The summed E-state index contributed by atoms with van der Waals surface area (Å²) in [7, 11) is 0. The van der Waals surface area contributed by atoms with Crippen molar-refractivity contribution in [2.24, 2.45) is 0 Å². The first-order chi connectivity index (χ1) is 3.80. The van der Waals surface area contributed by atoms with Crippen LogP contribution in [0.3, 0.4) is 0 Å². The first-order valence-corrected chi connectivity index (χ1v) is 2.84. The molecule has 0 saturated carbocycles. The van der Waals surface area contributed by atoms with E-state index in [0.29, 0.717) is 0 Å². The molecule has 1 aliphatic carbocycles. The van der Waals surface area contributed by atoms with E-state index in [-0.39, 0.29) is 12.7 Å². The largest absolute Gasteiger partial charge is 0.450 e. The van der Waals surface area contributed by atoms with Crippen LogP contribution in [-0.2, 0) is 0 Å². The molecule has 1 aliphatic rings. The van der Waals surface area contributed by atoms with Crippen LogP contribution >= 0.6 is 0 Å². The molecule has 0 spiro atoms. The van der Waals surface area contributed by atoms with Gasteiger partial charge in [0.2, 0.25) is 0 Å². The topological polar surface area (TPSA) is 20.2 Å². The highest BCUT2D eigenvalue weighted by Crippen LogP contribution is 2.16. The average Bonchev–Trinajstić information content (AvgIpc) is 2.12. The van der Waals surface area contributed by atoms with Gasteiger partial charge in [-0.3, -0.25) is 0 Å². The van der Waals surface area contributed by atoms with Gasteiger partial charge in [-0.25, -0.2) is 0 Å². The molecule has 0 heterocycles. The van der Waals surface area contributed by atoms with Crippen molar-refractivity contribution in [3.8, 4) is 0 Å². The Bertz CT molecular complexity index is 114. The molecule has 0 radical (unpaired) electrons. The summed E-state index contributed by atoms with van der Waals surface area (Å²) >= 11 is 0. The van der Waals surface area contributed by atoms with Crippen LogP contribution in [0.15, 0.2) is 24.3 Å². The molecule has 42 valence electrons. The normalized spacial score (nSPS) is 17.8. The Labute approximate surface area is 49.8 Å². The summed E-state index contributed by atoms with van der Waals surface area (Å²) in [4.78, 5) is 0. The fourth-order valence-corrected chi connectivity index (χ4v) is 0.771. The van der Waals surface area contributed by atoms with Gasteiger partial charge >= 0.3 is 0 Å². The Morgan fingerprint density at radius 1 is 1.38 bits per heavy atom. The van der Waals surface area contributed by atoms with Crippen LogP contribution in [0.25, 0.3) is 0 Å². The van der Waals surface area contributed by atoms with Crippen LogP contribution in [0.1, 0.15) is 0 Å². The Morgan fingerprint density at radius 3 is 2.12 bits per heavy atom. The molecule has 1 N–H and O–H groups in total. The van der Waals surface area contributed by atoms with Crippen LogP contribution < -0.4 is 0 Å². The van der Waals surface area contributed by atoms with Crippen LogP contribution in [0.2, 0.25) is 12.6 Å². The smallest absolute Gasteiger partial charge is 0.296 e. The molecule has 2 heteroatoms. The SMILES string of the molecule is CB(O)C1C=CC=C1. The highest BCUT2D eigenvalue weighted by molar-refractivity contribution is 6.52. The van der Waals surface area contributed by atoms with Gasteiger partial charge in [0.05, 0.1) is 0 Å². The molecule has 0 aromatic heterocycles. The van der Waals surface area contributed by atoms with Crippen molar-refractivity contribution >= 4 is 6.92 Å². The lowest BCUT2D eigenvalue weighted by Crippen LogP contribution is -2.10. The van der Waals surface area contributed by atoms with E-state index >= 15 is 0 Å².